The molecule has 0 amide bonds. The summed E-state index contributed by atoms with van der Waals surface area (Å²) < 4.78 is 52.5. The van der Waals surface area contributed by atoms with E-state index in [4.69, 9.17) is 0 Å². The first-order valence-corrected chi connectivity index (χ1v) is 7.31. The molecule has 19 heavy (non-hydrogen) atoms. The van der Waals surface area contributed by atoms with Crippen molar-refractivity contribution >= 4 is 10.0 Å². The molecule has 0 fully saturated rings. The van der Waals surface area contributed by atoms with E-state index < -0.39 is 26.6 Å². The highest BCUT2D eigenvalue weighted by molar-refractivity contribution is 7.89. The maximum Gasteiger partial charge on any atom is 0.243 e. The van der Waals surface area contributed by atoms with E-state index in [9.17, 15) is 17.2 Å². The van der Waals surface area contributed by atoms with Crippen LogP contribution in [0.3, 0.4) is 0 Å². The zero-order valence-corrected chi connectivity index (χ0v) is 10.9. The Balaban J connectivity index is 2.14. The molecule has 2 N–H and O–H groups in total. The van der Waals surface area contributed by atoms with Crippen molar-refractivity contribution in [3.05, 3.63) is 41.5 Å². The fourth-order valence-corrected chi connectivity index (χ4v) is 2.91. The molecule has 1 aromatic carbocycles. The van der Waals surface area contributed by atoms with Gasteiger partial charge in [0.2, 0.25) is 10.0 Å². The molecule has 0 unspecified atom stereocenters. The molecule has 7 heteroatoms. The van der Waals surface area contributed by atoms with Crippen LogP contribution in [0.2, 0.25) is 0 Å². The molecule has 1 heterocycles. The van der Waals surface area contributed by atoms with Gasteiger partial charge in [-0.1, -0.05) is 17.7 Å². The summed E-state index contributed by atoms with van der Waals surface area (Å²) in [6.45, 7) is 1.58. The normalized spacial score (nSPS) is 16.2. The van der Waals surface area contributed by atoms with Crippen LogP contribution in [-0.2, 0) is 10.0 Å². The molecule has 0 saturated carbocycles. The van der Waals surface area contributed by atoms with E-state index in [1.165, 1.54) is 0 Å². The molecule has 4 nitrogen and oxygen atoms in total. The van der Waals surface area contributed by atoms with Gasteiger partial charge in [0.05, 0.1) is 0 Å². The Kier molecular flexibility index (Phi) is 4.28. The van der Waals surface area contributed by atoms with Crippen molar-refractivity contribution in [3.8, 4) is 0 Å². The summed E-state index contributed by atoms with van der Waals surface area (Å²) in [5.74, 6) is -2.53. The topological polar surface area (TPSA) is 58.2 Å². The van der Waals surface area contributed by atoms with Crippen molar-refractivity contribution in [2.45, 2.75) is 11.3 Å². The number of hydrogen-bond acceptors (Lipinski definition) is 3. The van der Waals surface area contributed by atoms with E-state index in [1.54, 1.807) is 0 Å². The van der Waals surface area contributed by atoms with Crippen LogP contribution in [0.5, 0.6) is 0 Å². The molecule has 2 rings (SSSR count). The highest BCUT2D eigenvalue weighted by atomic mass is 32.2. The largest absolute Gasteiger partial charge is 0.313 e. The molecule has 1 aliphatic rings. The molecule has 0 aromatic heterocycles. The predicted octanol–water partition coefficient (Wildman–Crippen LogP) is 1.16. The van der Waals surface area contributed by atoms with E-state index in [1.807, 2.05) is 6.08 Å². The maximum absolute atomic E-state index is 13.4. The van der Waals surface area contributed by atoms with E-state index in [2.05, 4.69) is 10.0 Å². The van der Waals surface area contributed by atoms with Crippen LogP contribution in [0.25, 0.3) is 0 Å². The third kappa shape index (κ3) is 3.37. The van der Waals surface area contributed by atoms with Gasteiger partial charge >= 0.3 is 0 Å². The minimum Gasteiger partial charge on any atom is -0.313 e. The lowest BCUT2D eigenvalue weighted by Crippen LogP contribution is -2.30. The Labute approximate surface area is 110 Å². The predicted molar refractivity (Wildman–Crippen MR) is 67.1 cm³/mol. The summed E-state index contributed by atoms with van der Waals surface area (Å²) in [5, 5.41) is 3.10. The number of halogens is 2. The summed E-state index contributed by atoms with van der Waals surface area (Å²) in [7, 11) is -4.04. The molecule has 1 aromatic rings. The third-order valence-electron chi connectivity index (χ3n) is 2.85. The highest BCUT2D eigenvalue weighted by Gasteiger charge is 2.21. The van der Waals surface area contributed by atoms with Crippen LogP contribution in [0.15, 0.2) is 34.7 Å². The first kappa shape index (κ1) is 14.1. The summed E-state index contributed by atoms with van der Waals surface area (Å²) in [4.78, 5) is -0.665. The van der Waals surface area contributed by atoms with Crippen LogP contribution < -0.4 is 10.0 Å². The van der Waals surface area contributed by atoms with Gasteiger partial charge in [0.1, 0.15) is 4.90 Å². The highest BCUT2D eigenvalue weighted by Crippen LogP contribution is 2.17. The van der Waals surface area contributed by atoms with E-state index in [0.29, 0.717) is 6.54 Å². The Hall–Kier alpha value is -1.31. The second-order valence-electron chi connectivity index (χ2n) is 4.19. The quantitative estimate of drug-likeness (QED) is 0.818. The van der Waals surface area contributed by atoms with Crippen LogP contribution >= 0.6 is 0 Å². The minimum absolute atomic E-state index is 0.111. The van der Waals surface area contributed by atoms with Gasteiger partial charge in [-0.3, -0.25) is 0 Å². The first-order chi connectivity index (χ1) is 9.00. The Bertz CT molecular complexity index is 600. The first-order valence-electron chi connectivity index (χ1n) is 5.83. The number of benzene rings is 1. The molecule has 0 aliphatic carbocycles. The molecule has 0 bridgehead atoms. The summed E-state index contributed by atoms with van der Waals surface area (Å²) in [5.41, 5.74) is 0.930. The van der Waals surface area contributed by atoms with E-state index in [-0.39, 0.29) is 6.54 Å². The maximum atomic E-state index is 13.4. The van der Waals surface area contributed by atoms with Gasteiger partial charge in [0, 0.05) is 13.1 Å². The lowest BCUT2D eigenvalue weighted by molar-refractivity contribution is 0.483. The number of sulfonamides is 1. The molecule has 0 spiro atoms. The van der Waals surface area contributed by atoms with Crippen molar-refractivity contribution < 1.29 is 17.2 Å². The van der Waals surface area contributed by atoms with Crippen molar-refractivity contribution in [1.82, 2.24) is 10.0 Å². The average molecular weight is 288 g/mol. The lowest BCUT2D eigenvalue weighted by Gasteiger charge is -2.15. The number of hydrogen-bond donors (Lipinski definition) is 2. The van der Waals surface area contributed by atoms with Crippen LogP contribution in [0, 0.1) is 11.6 Å². The monoisotopic (exact) mass is 288 g/mol. The Morgan fingerprint density at radius 3 is 2.79 bits per heavy atom. The van der Waals surface area contributed by atoms with Crippen molar-refractivity contribution in [1.29, 1.82) is 0 Å². The minimum atomic E-state index is -4.04. The molecule has 104 valence electrons. The molecular formula is C12H14F2N2O2S. The van der Waals surface area contributed by atoms with E-state index >= 15 is 0 Å². The lowest BCUT2D eigenvalue weighted by atomic mass is 10.1. The smallest absolute Gasteiger partial charge is 0.243 e. The molecular weight excluding hydrogens is 274 g/mol. The van der Waals surface area contributed by atoms with Crippen LogP contribution in [0.4, 0.5) is 8.78 Å². The second kappa shape index (κ2) is 5.77. The molecule has 0 radical (unpaired) electrons. The van der Waals surface area contributed by atoms with Crippen molar-refractivity contribution in [3.63, 3.8) is 0 Å². The van der Waals surface area contributed by atoms with Gasteiger partial charge in [-0.15, -0.1) is 0 Å². The standard InChI is InChI=1S/C12H14F2N2O2S/c13-10-2-1-3-11(12(10)14)19(17,18)16-8-9-4-6-15-7-5-9/h1-4,15-16H,5-8H2. The zero-order valence-electron chi connectivity index (χ0n) is 10.1. The van der Waals surface area contributed by atoms with Crippen LogP contribution in [-0.4, -0.2) is 28.1 Å². The zero-order chi connectivity index (χ0) is 13.9. The van der Waals surface area contributed by atoms with Crippen molar-refractivity contribution in [2.75, 3.05) is 19.6 Å². The number of rotatable bonds is 4. The molecule has 0 atom stereocenters. The fraction of sp³-hybridized carbons (Fsp3) is 0.333. The van der Waals surface area contributed by atoms with Crippen LogP contribution in [0.1, 0.15) is 6.42 Å². The fourth-order valence-electron chi connectivity index (χ4n) is 1.79. The average Bonchev–Trinajstić information content (AvgIpc) is 2.41. The SMILES string of the molecule is O=S(=O)(NCC1=CCNCC1)c1cccc(F)c1F. The van der Waals surface area contributed by atoms with Crippen molar-refractivity contribution in [2.24, 2.45) is 0 Å². The van der Waals surface area contributed by atoms with E-state index in [0.717, 1.165) is 36.7 Å². The summed E-state index contributed by atoms with van der Waals surface area (Å²) in [6.07, 6.45) is 2.61. The third-order valence-corrected chi connectivity index (χ3v) is 4.27. The van der Waals surface area contributed by atoms with Gasteiger partial charge in [-0.2, -0.15) is 0 Å². The Morgan fingerprint density at radius 2 is 2.11 bits per heavy atom. The summed E-state index contributed by atoms with van der Waals surface area (Å²) in [6, 6.07) is 3.08. The molecule has 0 saturated heterocycles. The van der Waals surface area contributed by atoms with Gasteiger partial charge < -0.3 is 5.32 Å². The van der Waals surface area contributed by atoms with Gasteiger partial charge in [0.25, 0.3) is 0 Å². The Morgan fingerprint density at radius 1 is 1.32 bits per heavy atom. The summed E-state index contributed by atoms with van der Waals surface area (Å²) >= 11 is 0. The van der Waals surface area contributed by atoms with Gasteiger partial charge in [0.15, 0.2) is 11.6 Å². The van der Waals surface area contributed by atoms with Gasteiger partial charge in [-0.05, 0) is 25.1 Å². The molecule has 1 aliphatic heterocycles. The second-order valence-corrected chi connectivity index (χ2v) is 5.93. The van der Waals surface area contributed by atoms with Gasteiger partial charge in [-0.25, -0.2) is 21.9 Å². The number of nitrogens with one attached hydrogen (secondary N) is 2.